The second-order valence-corrected chi connectivity index (χ2v) is 5.62. The molecule has 4 nitrogen and oxygen atoms in total. The number of aliphatic hydroxyl groups is 1. The molecule has 0 saturated carbocycles. The van der Waals surface area contributed by atoms with Gasteiger partial charge in [-0.15, -0.1) is 0 Å². The van der Waals surface area contributed by atoms with Crippen LogP contribution in [0.2, 0.25) is 0 Å². The van der Waals surface area contributed by atoms with Crippen molar-refractivity contribution in [1.82, 2.24) is 10.2 Å². The zero-order valence-corrected chi connectivity index (χ0v) is 12.8. The Bertz CT molecular complexity index is 404. The van der Waals surface area contributed by atoms with E-state index in [4.69, 9.17) is 0 Å². The number of rotatable bonds is 7. The van der Waals surface area contributed by atoms with E-state index in [2.05, 4.69) is 22.0 Å². The average molecular weight is 295 g/mol. The smallest absolute Gasteiger partial charge is 0.123 e. The van der Waals surface area contributed by atoms with E-state index in [1.54, 1.807) is 0 Å². The van der Waals surface area contributed by atoms with Crippen LogP contribution in [0.5, 0.6) is 0 Å². The summed E-state index contributed by atoms with van der Waals surface area (Å²) in [6, 6.07) is 6.67. The Morgan fingerprint density at radius 2 is 1.86 bits per heavy atom. The minimum absolute atomic E-state index is 0.194. The van der Waals surface area contributed by atoms with Gasteiger partial charge in [0, 0.05) is 45.0 Å². The highest BCUT2D eigenvalue weighted by Crippen LogP contribution is 2.16. The molecule has 1 atom stereocenters. The third kappa shape index (κ3) is 5.26. The Morgan fingerprint density at radius 1 is 1.19 bits per heavy atom. The van der Waals surface area contributed by atoms with E-state index in [1.807, 2.05) is 12.1 Å². The number of halogens is 1. The summed E-state index contributed by atoms with van der Waals surface area (Å²) in [5, 5.41) is 13.2. The van der Waals surface area contributed by atoms with E-state index in [0.29, 0.717) is 13.1 Å². The third-order valence-electron chi connectivity index (χ3n) is 3.84. The molecule has 1 heterocycles. The fourth-order valence-corrected chi connectivity index (χ4v) is 2.65. The summed E-state index contributed by atoms with van der Waals surface area (Å²) in [6.07, 6.45) is 0.775. The number of nitrogens with zero attached hydrogens (tertiary/aromatic N) is 2. The van der Waals surface area contributed by atoms with Crippen LogP contribution >= 0.6 is 0 Å². The summed E-state index contributed by atoms with van der Waals surface area (Å²) in [6.45, 7) is 8.15. The van der Waals surface area contributed by atoms with Crippen molar-refractivity contribution in [2.24, 2.45) is 0 Å². The van der Waals surface area contributed by atoms with Gasteiger partial charge in [0.05, 0.1) is 6.10 Å². The molecule has 5 heteroatoms. The van der Waals surface area contributed by atoms with Gasteiger partial charge in [-0.25, -0.2) is 4.39 Å². The fourth-order valence-electron chi connectivity index (χ4n) is 2.65. The maximum atomic E-state index is 12.9. The normalized spacial score (nSPS) is 18.0. The van der Waals surface area contributed by atoms with E-state index >= 15 is 0 Å². The van der Waals surface area contributed by atoms with Crippen molar-refractivity contribution in [3.8, 4) is 0 Å². The molecular weight excluding hydrogens is 269 g/mol. The first kappa shape index (κ1) is 16.2. The Morgan fingerprint density at radius 3 is 2.48 bits per heavy atom. The molecule has 1 aromatic carbocycles. The number of hydrogen-bond donors (Lipinski definition) is 2. The van der Waals surface area contributed by atoms with Crippen LogP contribution in [0.4, 0.5) is 10.1 Å². The molecular formula is C16H26FN3O. The maximum absolute atomic E-state index is 12.9. The Kier molecular flexibility index (Phi) is 6.42. The highest BCUT2D eigenvalue weighted by molar-refractivity contribution is 5.46. The number of β-amino-alcohol motifs (C(OH)–C–C–N with tert-alkyl or cyclic N) is 1. The minimum atomic E-state index is -0.311. The van der Waals surface area contributed by atoms with E-state index in [-0.39, 0.29) is 11.9 Å². The van der Waals surface area contributed by atoms with Crippen LogP contribution in [0.15, 0.2) is 24.3 Å². The molecule has 1 saturated heterocycles. The Labute approximate surface area is 126 Å². The molecule has 0 amide bonds. The van der Waals surface area contributed by atoms with Gasteiger partial charge in [-0.1, -0.05) is 6.92 Å². The second-order valence-electron chi connectivity index (χ2n) is 5.62. The Balaban J connectivity index is 1.71. The van der Waals surface area contributed by atoms with Crippen molar-refractivity contribution in [2.75, 3.05) is 50.7 Å². The predicted octanol–water partition coefficient (Wildman–Crippen LogP) is 1.31. The average Bonchev–Trinajstić information content (AvgIpc) is 2.49. The van der Waals surface area contributed by atoms with Crippen LogP contribution in [0, 0.1) is 5.82 Å². The SMILES string of the molecule is CCCNCC(O)CN1CCN(c2ccc(F)cc2)CC1. The molecule has 1 aliphatic rings. The lowest BCUT2D eigenvalue weighted by molar-refractivity contribution is 0.108. The molecule has 0 bridgehead atoms. The van der Waals surface area contributed by atoms with Gasteiger partial charge >= 0.3 is 0 Å². The summed E-state index contributed by atoms with van der Waals surface area (Å²) in [5.41, 5.74) is 1.07. The molecule has 1 aromatic rings. The molecule has 0 radical (unpaired) electrons. The zero-order chi connectivity index (χ0) is 15.1. The highest BCUT2D eigenvalue weighted by Gasteiger charge is 2.19. The molecule has 2 rings (SSSR count). The standard InChI is InChI=1S/C16H26FN3O/c1-2-7-18-12-16(21)13-19-8-10-20(11-9-19)15-5-3-14(17)4-6-15/h3-6,16,18,21H,2,7-13H2,1H3. The number of nitrogens with one attached hydrogen (secondary N) is 1. The van der Waals surface area contributed by atoms with Gasteiger partial charge in [-0.2, -0.15) is 0 Å². The van der Waals surface area contributed by atoms with Crippen molar-refractivity contribution >= 4 is 5.69 Å². The molecule has 0 aliphatic carbocycles. The maximum Gasteiger partial charge on any atom is 0.123 e. The molecule has 2 N–H and O–H groups in total. The first-order valence-corrected chi connectivity index (χ1v) is 7.80. The van der Waals surface area contributed by atoms with E-state index < -0.39 is 0 Å². The van der Waals surface area contributed by atoms with Gasteiger partial charge in [-0.3, -0.25) is 4.90 Å². The lowest BCUT2D eigenvalue weighted by Gasteiger charge is -2.37. The first-order valence-electron chi connectivity index (χ1n) is 7.80. The number of hydrogen-bond acceptors (Lipinski definition) is 4. The van der Waals surface area contributed by atoms with Crippen molar-refractivity contribution < 1.29 is 9.50 Å². The van der Waals surface area contributed by atoms with Gasteiger partial charge in [0.15, 0.2) is 0 Å². The molecule has 0 aromatic heterocycles. The lowest BCUT2D eigenvalue weighted by atomic mass is 10.2. The summed E-state index contributed by atoms with van der Waals surface area (Å²) < 4.78 is 12.9. The van der Waals surface area contributed by atoms with Crippen molar-refractivity contribution in [2.45, 2.75) is 19.4 Å². The van der Waals surface area contributed by atoms with E-state index in [9.17, 15) is 9.50 Å². The van der Waals surface area contributed by atoms with E-state index in [0.717, 1.165) is 44.8 Å². The summed E-state index contributed by atoms with van der Waals surface area (Å²) in [5.74, 6) is -0.194. The lowest BCUT2D eigenvalue weighted by Crippen LogP contribution is -2.49. The second kappa shape index (κ2) is 8.32. The van der Waals surface area contributed by atoms with Gasteiger partial charge in [0.1, 0.15) is 5.82 Å². The van der Waals surface area contributed by atoms with Gasteiger partial charge in [-0.05, 0) is 37.2 Å². The predicted molar refractivity (Wildman–Crippen MR) is 84.2 cm³/mol. The molecule has 118 valence electrons. The third-order valence-corrected chi connectivity index (χ3v) is 3.84. The quantitative estimate of drug-likeness (QED) is 0.744. The van der Waals surface area contributed by atoms with Crippen molar-refractivity contribution in [3.63, 3.8) is 0 Å². The van der Waals surface area contributed by atoms with Crippen LogP contribution in [0.1, 0.15) is 13.3 Å². The number of anilines is 1. The van der Waals surface area contributed by atoms with E-state index in [1.165, 1.54) is 12.1 Å². The summed E-state index contributed by atoms with van der Waals surface area (Å²) >= 11 is 0. The largest absolute Gasteiger partial charge is 0.390 e. The number of aliphatic hydroxyl groups excluding tert-OH is 1. The van der Waals surface area contributed by atoms with Crippen LogP contribution in [0.3, 0.4) is 0 Å². The van der Waals surface area contributed by atoms with Gasteiger partial charge in [0.2, 0.25) is 0 Å². The topological polar surface area (TPSA) is 38.7 Å². The highest BCUT2D eigenvalue weighted by atomic mass is 19.1. The fraction of sp³-hybridized carbons (Fsp3) is 0.625. The number of benzene rings is 1. The van der Waals surface area contributed by atoms with Gasteiger partial charge in [0.25, 0.3) is 0 Å². The van der Waals surface area contributed by atoms with Gasteiger partial charge < -0.3 is 15.3 Å². The summed E-state index contributed by atoms with van der Waals surface area (Å²) in [7, 11) is 0. The zero-order valence-electron chi connectivity index (χ0n) is 12.8. The first-order chi connectivity index (χ1) is 10.2. The van der Waals surface area contributed by atoms with Crippen LogP contribution in [-0.4, -0.2) is 61.9 Å². The van der Waals surface area contributed by atoms with Crippen LogP contribution in [-0.2, 0) is 0 Å². The molecule has 0 spiro atoms. The van der Waals surface area contributed by atoms with Crippen LogP contribution < -0.4 is 10.2 Å². The summed E-state index contributed by atoms with van der Waals surface area (Å²) in [4.78, 5) is 4.55. The minimum Gasteiger partial charge on any atom is -0.390 e. The van der Waals surface area contributed by atoms with Crippen molar-refractivity contribution in [1.29, 1.82) is 0 Å². The van der Waals surface area contributed by atoms with Crippen LogP contribution in [0.25, 0.3) is 0 Å². The molecule has 1 unspecified atom stereocenters. The monoisotopic (exact) mass is 295 g/mol. The number of piperazine rings is 1. The molecule has 1 aliphatic heterocycles. The molecule has 21 heavy (non-hydrogen) atoms. The van der Waals surface area contributed by atoms with Crippen molar-refractivity contribution in [3.05, 3.63) is 30.1 Å². The Hall–Kier alpha value is -1.17. The molecule has 1 fully saturated rings.